The number of halogens is 4. The Kier molecular flexibility index (Phi) is 4.19. The number of ether oxygens (including phenoxy) is 1. The maximum Gasteiger partial charge on any atom is 0.422 e. The minimum absolute atomic E-state index is 0.504. The van der Waals surface area contributed by atoms with E-state index >= 15 is 0 Å². The van der Waals surface area contributed by atoms with E-state index in [0.717, 1.165) is 6.08 Å². The molecule has 0 bridgehead atoms. The molecular formula is C11H12ClF3O4. The highest BCUT2D eigenvalue weighted by Crippen LogP contribution is 2.59. The molecule has 1 saturated carbocycles. The molecule has 1 N–H and O–H groups in total. The molecule has 0 spiro atoms. The molecule has 0 saturated heterocycles. The molecule has 0 aromatic rings. The molecular weight excluding hydrogens is 289 g/mol. The summed E-state index contributed by atoms with van der Waals surface area (Å²) in [6.45, 7) is 1.60. The number of carbonyl (C=O) groups excluding carboxylic acids is 1. The van der Waals surface area contributed by atoms with Crippen LogP contribution in [-0.4, -0.2) is 29.8 Å². The van der Waals surface area contributed by atoms with Crippen LogP contribution in [0.2, 0.25) is 0 Å². The minimum atomic E-state index is -4.63. The number of aliphatic carboxylic acids is 1. The van der Waals surface area contributed by atoms with Gasteiger partial charge in [-0.15, -0.1) is 0 Å². The topological polar surface area (TPSA) is 63.6 Å². The fourth-order valence-corrected chi connectivity index (χ4v) is 2.09. The summed E-state index contributed by atoms with van der Waals surface area (Å²) in [5, 5.41) is 8.35. The number of esters is 1. The first-order chi connectivity index (χ1) is 8.47. The van der Waals surface area contributed by atoms with Gasteiger partial charge in [-0.25, -0.2) is 4.79 Å². The molecule has 1 rings (SSSR count). The van der Waals surface area contributed by atoms with E-state index in [2.05, 4.69) is 4.74 Å². The summed E-state index contributed by atoms with van der Waals surface area (Å²) in [7, 11) is 0. The molecule has 108 valence electrons. The van der Waals surface area contributed by atoms with Gasteiger partial charge >= 0.3 is 18.1 Å². The summed E-state index contributed by atoms with van der Waals surface area (Å²) in [6.07, 6.45) is -3.49. The van der Waals surface area contributed by atoms with Crippen molar-refractivity contribution in [3.63, 3.8) is 0 Å². The number of hydrogen-bond donors (Lipinski definition) is 1. The van der Waals surface area contributed by atoms with E-state index in [9.17, 15) is 22.8 Å². The third-order valence-corrected chi connectivity index (χ3v) is 3.34. The van der Waals surface area contributed by atoms with Crippen LogP contribution >= 0.6 is 11.6 Å². The van der Waals surface area contributed by atoms with Gasteiger partial charge in [0.2, 0.25) is 0 Å². The van der Waals surface area contributed by atoms with E-state index in [-0.39, 0.29) is 0 Å². The summed E-state index contributed by atoms with van der Waals surface area (Å²) in [5.41, 5.74) is -0.587. The van der Waals surface area contributed by atoms with E-state index in [1.54, 1.807) is 13.8 Å². The van der Waals surface area contributed by atoms with E-state index in [0.29, 0.717) is 0 Å². The van der Waals surface area contributed by atoms with Crippen molar-refractivity contribution < 1.29 is 32.6 Å². The van der Waals surface area contributed by atoms with Crippen LogP contribution in [0.1, 0.15) is 13.8 Å². The smallest absolute Gasteiger partial charge is 0.422 e. The van der Waals surface area contributed by atoms with Crippen LogP contribution in [0.5, 0.6) is 0 Å². The predicted molar refractivity (Wildman–Crippen MR) is 59.3 cm³/mol. The molecule has 0 aliphatic heterocycles. The van der Waals surface area contributed by atoms with Crippen LogP contribution < -0.4 is 0 Å². The monoisotopic (exact) mass is 300 g/mol. The Hall–Kier alpha value is -1.24. The Morgan fingerprint density at radius 3 is 2.32 bits per heavy atom. The Morgan fingerprint density at radius 2 is 1.95 bits per heavy atom. The normalized spacial score (nSPS) is 25.9. The largest absolute Gasteiger partial charge is 0.481 e. The van der Waals surface area contributed by atoms with Crippen LogP contribution in [0, 0.1) is 17.3 Å². The molecule has 0 radical (unpaired) electrons. The lowest BCUT2D eigenvalue weighted by Crippen LogP contribution is -2.20. The Morgan fingerprint density at radius 1 is 1.42 bits per heavy atom. The Bertz CT molecular complexity index is 428. The van der Waals surface area contributed by atoms with Gasteiger partial charge in [-0.3, -0.25) is 4.79 Å². The van der Waals surface area contributed by atoms with Gasteiger partial charge in [-0.1, -0.05) is 31.5 Å². The van der Waals surface area contributed by atoms with Crippen LogP contribution in [0.4, 0.5) is 13.2 Å². The highest BCUT2D eigenvalue weighted by Gasteiger charge is 2.61. The van der Waals surface area contributed by atoms with Gasteiger partial charge in [0.1, 0.15) is 5.03 Å². The first-order valence-electron chi connectivity index (χ1n) is 5.31. The fraction of sp³-hybridized carbons (Fsp3) is 0.636. The highest BCUT2D eigenvalue weighted by atomic mass is 35.5. The van der Waals surface area contributed by atoms with E-state index in [1.807, 2.05) is 0 Å². The van der Waals surface area contributed by atoms with Gasteiger partial charge in [0.25, 0.3) is 0 Å². The molecule has 1 aliphatic carbocycles. The second kappa shape index (κ2) is 5.03. The number of carbonyl (C=O) groups is 2. The van der Waals surface area contributed by atoms with E-state index < -0.39 is 47.0 Å². The summed E-state index contributed by atoms with van der Waals surface area (Å²) in [4.78, 5) is 22.0. The van der Waals surface area contributed by atoms with Crippen LogP contribution in [0.25, 0.3) is 0 Å². The first-order valence-corrected chi connectivity index (χ1v) is 5.68. The van der Waals surface area contributed by atoms with E-state index in [4.69, 9.17) is 16.7 Å². The molecule has 2 atom stereocenters. The van der Waals surface area contributed by atoms with Crippen molar-refractivity contribution >= 4 is 23.5 Å². The minimum Gasteiger partial charge on any atom is -0.481 e. The Labute approximate surface area is 112 Å². The van der Waals surface area contributed by atoms with Crippen molar-refractivity contribution in [2.75, 3.05) is 6.61 Å². The molecule has 8 heteroatoms. The number of rotatable bonds is 4. The average molecular weight is 301 g/mol. The van der Waals surface area contributed by atoms with Crippen molar-refractivity contribution in [1.82, 2.24) is 0 Å². The third kappa shape index (κ3) is 3.86. The molecule has 19 heavy (non-hydrogen) atoms. The number of carboxylic acid groups (broad SMARTS) is 1. The zero-order valence-corrected chi connectivity index (χ0v) is 10.9. The van der Waals surface area contributed by atoms with Gasteiger partial charge in [0, 0.05) is 0 Å². The first kappa shape index (κ1) is 15.8. The molecule has 4 nitrogen and oxygen atoms in total. The lowest BCUT2D eigenvalue weighted by molar-refractivity contribution is -0.183. The zero-order valence-electron chi connectivity index (χ0n) is 10.1. The maximum absolute atomic E-state index is 11.8. The summed E-state index contributed by atoms with van der Waals surface area (Å²) >= 11 is 5.52. The van der Waals surface area contributed by atoms with Gasteiger partial charge < -0.3 is 9.84 Å². The third-order valence-electron chi connectivity index (χ3n) is 3.06. The summed E-state index contributed by atoms with van der Waals surface area (Å²) in [5.74, 6) is -3.57. The lowest BCUT2D eigenvalue weighted by Gasteiger charge is -2.07. The van der Waals surface area contributed by atoms with Crippen LogP contribution in [0.3, 0.4) is 0 Å². The van der Waals surface area contributed by atoms with Crippen LogP contribution in [-0.2, 0) is 14.3 Å². The van der Waals surface area contributed by atoms with Crippen molar-refractivity contribution in [2.45, 2.75) is 20.0 Å². The second-order valence-electron chi connectivity index (χ2n) is 4.87. The maximum atomic E-state index is 11.8. The summed E-state index contributed by atoms with van der Waals surface area (Å²) < 4.78 is 39.4. The van der Waals surface area contributed by atoms with Crippen LogP contribution in [0.15, 0.2) is 11.1 Å². The zero-order chi connectivity index (χ0) is 15.0. The van der Waals surface area contributed by atoms with Crippen molar-refractivity contribution in [3.8, 4) is 0 Å². The van der Waals surface area contributed by atoms with Crippen molar-refractivity contribution in [1.29, 1.82) is 0 Å². The Balaban J connectivity index is 2.64. The fourth-order valence-electron chi connectivity index (χ4n) is 1.90. The van der Waals surface area contributed by atoms with E-state index in [1.165, 1.54) is 0 Å². The van der Waals surface area contributed by atoms with Gasteiger partial charge in [-0.05, 0) is 11.3 Å². The molecule has 1 aliphatic rings. The van der Waals surface area contributed by atoms with Gasteiger partial charge in [0.05, 0.1) is 5.92 Å². The molecule has 0 heterocycles. The van der Waals surface area contributed by atoms with Crippen molar-refractivity contribution in [3.05, 3.63) is 11.1 Å². The quantitative estimate of drug-likeness (QED) is 0.640. The number of hydrogen-bond acceptors (Lipinski definition) is 3. The predicted octanol–water partition coefficient (Wildman–Crippen LogP) is 2.57. The van der Waals surface area contributed by atoms with Gasteiger partial charge in [0.15, 0.2) is 6.61 Å². The average Bonchev–Trinajstić information content (AvgIpc) is 2.75. The highest BCUT2D eigenvalue weighted by molar-refractivity contribution is 6.41. The number of carboxylic acids is 1. The molecule has 0 amide bonds. The lowest BCUT2D eigenvalue weighted by atomic mass is 10.1. The molecule has 0 aromatic heterocycles. The SMILES string of the molecule is CC1(C)C(/C=C(\Cl)C(=O)OCC(F)(F)F)C1C(=O)O. The second-order valence-corrected chi connectivity index (χ2v) is 5.28. The molecule has 2 unspecified atom stereocenters. The number of alkyl halides is 3. The standard InChI is InChI=1S/C11H12ClF3O4/c1-10(2)5(7(10)8(16)17)3-6(12)9(18)19-4-11(13,14)15/h3,5,7H,4H2,1-2H3,(H,16,17)/b6-3-. The summed E-state index contributed by atoms with van der Waals surface area (Å²) in [6, 6.07) is 0. The molecule has 0 aromatic carbocycles. The molecule has 1 fully saturated rings. The number of allylic oxidation sites excluding steroid dienone is 1. The van der Waals surface area contributed by atoms with Gasteiger partial charge in [-0.2, -0.15) is 13.2 Å². The van der Waals surface area contributed by atoms with Crippen molar-refractivity contribution in [2.24, 2.45) is 17.3 Å².